The maximum Gasteiger partial charge on any atom is 0.306 e. The number of carbonyl (C=O) groups is 4. The first-order valence-corrected chi connectivity index (χ1v) is 9.50. The number of anilines is 1. The van der Waals surface area contributed by atoms with Gasteiger partial charge < -0.3 is 14.8 Å². The molecule has 0 aliphatic carbocycles. The molecule has 1 N–H and O–H groups in total. The van der Waals surface area contributed by atoms with Gasteiger partial charge in [-0.05, 0) is 37.6 Å². The molecule has 2 aromatic rings. The van der Waals surface area contributed by atoms with Crippen molar-refractivity contribution in [1.82, 2.24) is 4.90 Å². The minimum absolute atomic E-state index is 0.0236. The molecule has 1 aliphatic rings. The fourth-order valence-corrected chi connectivity index (χ4v) is 3.08. The Kier molecular flexibility index (Phi) is 6.46. The zero-order valence-electron chi connectivity index (χ0n) is 16.7. The molecule has 30 heavy (non-hydrogen) atoms. The largest absolute Gasteiger partial charge is 0.497 e. The van der Waals surface area contributed by atoms with E-state index in [0.717, 1.165) is 4.90 Å². The van der Waals surface area contributed by atoms with Crippen molar-refractivity contribution in [3.05, 3.63) is 59.7 Å². The van der Waals surface area contributed by atoms with Crippen LogP contribution in [-0.2, 0) is 14.3 Å². The molecule has 1 aliphatic heterocycles. The summed E-state index contributed by atoms with van der Waals surface area (Å²) in [5, 5.41) is 2.65. The van der Waals surface area contributed by atoms with Gasteiger partial charge in [0.2, 0.25) is 0 Å². The van der Waals surface area contributed by atoms with Crippen LogP contribution in [-0.4, -0.2) is 48.3 Å². The third-order valence-electron chi connectivity index (χ3n) is 4.66. The number of imide groups is 1. The molecule has 0 spiro atoms. The fraction of sp³-hybridized carbons (Fsp3) is 0.273. The van der Waals surface area contributed by atoms with Crippen LogP contribution in [0.5, 0.6) is 5.75 Å². The lowest BCUT2D eigenvalue weighted by Gasteiger charge is -2.15. The first-order chi connectivity index (χ1) is 14.4. The van der Waals surface area contributed by atoms with Gasteiger partial charge in [-0.25, -0.2) is 0 Å². The molecule has 0 bridgehead atoms. The molecule has 0 fully saturated rings. The second kappa shape index (κ2) is 9.21. The Balaban J connectivity index is 1.45. The number of rotatable bonds is 8. The Bertz CT molecular complexity index is 952. The van der Waals surface area contributed by atoms with E-state index >= 15 is 0 Å². The van der Waals surface area contributed by atoms with Crippen LogP contribution in [0.3, 0.4) is 0 Å². The molecule has 0 unspecified atom stereocenters. The van der Waals surface area contributed by atoms with Gasteiger partial charge in [0.15, 0.2) is 6.10 Å². The molecule has 3 amide bonds. The molecule has 1 atom stereocenters. The Hall–Kier alpha value is -3.68. The number of amides is 3. The highest BCUT2D eigenvalue weighted by molar-refractivity contribution is 6.21. The quantitative estimate of drug-likeness (QED) is 0.530. The van der Waals surface area contributed by atoms with E-state index in [1.54, 1.807) is 48.5 Å². The molecule has 2 aromatic carbocycles. The summed E-state index contributed by atoms with van der Waals surface area (Å²) < 4.78 is 10.2. The molecule has 0 saturated carbocycles. The molecular formula is C22H22N2O6. The van der Waals surface area contributed by atoms with Gasteiger partial charge in [0, 0.05) is 24.7 Å². The highest BCUT2D eigenvalue weighted by atomic mass is 16.5. The van der Waals surface area contributed by atoms with Crippen LogP contribution in [0.1, 0.15) is 40.5 Å². The lowest BCUT2D eigenvalue weighted by Crippen LogP contribution is -2.32. The van der Waals surface area contributed by atoms with Gasteiger partial charge in [-0.2, -0.15) is 0 Å². The highest BCUT2D eigenvalue weighted by Gasteiger charge is 2.34. The van der Waals surface area contributed by atoms with Crippen molar-refractivity contribution >= 4 is 29.4 Å². The summed E-state index contributed by atoms with van der Waals surface area (Å²) in [6.07, 6.45) is -0.776. The molecule has 0 aromatic heterocycles. The average molecular weight is 410 g/mol. The van der Waals surface area contributed by atoms with E-state index in [1.165, 1.54) is 14.0 Å². The lowest BCUT2D eigenvalue weighted by molar-refractivity contribution is -0.153. The van der Waals surface area contributed by atoms with Crippen molar-refractivity contribution in [2.45, 2.75) is 25.9 Å². The van der Waals surface area contributed by atoms with Crippen LogP contribution in [0.25, 0.3) is 0 Å². The van der Waals surface area contributed by atoms with Gasteiger partial charge in [0.25, 0.3) is 17.7 Å². The van der Waals surface area contributed by atoms with Gasteiger partial charge in [-0.1, -0.05) is 18.2 Å². The van der Waals surface area contributed by atoms with Crippen molar-refractivity contribution in [1.29, 1.82) is 0 Å². The predicted octanol–water partition coefficient (Wildman–Crippen LogP) is 2.64. The van der Waals surface area contributed by atoms with Gasteiger partial charge in [-0.3, -0.25) is 24.1 Å². The van der Waals surface area contributed by atoms with Crippen LogP contribution >= 0.6 is 0 Å². The summed E-state index contributed by atoms with van der Waals surface area (Å²) in [4.78, 5) is 50.0. The molecule has 0 radical (unpaired) electrons. The van der Waals surface area contributed by atoms with Gasteiger partial charge in [-0.15, -0.1) is 0 Å². The van der Waals surface area contributed by atoms with Crippen LogP contribution in [0, 0.1) is 0 Å². The van der Waals surface area contributed by atoms with Crippen LogP contribution in [0.15, 0.2) is 48.5 Å². The molecule has 3 rings (SSSR count). The minimum atomic E-state index is -0.997. The van der Waals surface area contributed by atoms with Gasteiger partial charge in [0.1, 0.15) is 5.75 Å². The maximum absolute atomic E-state index is 12.3. The van der Waals surface area contributed by atoms with Crippen molar-refractivity contribution in [3.8, 4) is 5.75 Å². The number of ether oxygens (including phenoxy) is 2. The predicted molar refractivity (Wildman–Crippen MR) is 108 cm³/mol. The highest BCUT2D eigenvalue weighted by Crippen LogP contribution is 2.22. The van der Waals surface area contributed by atoms with Crippen molar-refractivity contribution in [2.75, 3.05) is 19.0 Å². The summed E-state index contributed by atoms with van der Waals surface area (Å²) in [7, 11) is 1.52. The second-order valence-corrected chi connectivity index (χ2v) is 6.76. The Morgan fingerprint density at radius 3 is 2.33 bits per heavy atom. The van der Waals surface area contributed by atoms with E-state index in [1.807, 2.05) is 0 Å². The summed E-state index contributed by atoms with van der Waals surface area (Å²) in [6.45, 7) is 1.57. The molecule has 8 nitrogen and oxygen atoms in total. The van der Waals surface area contributed by atoms with Crippen molar-refractivity contribution in [2.24, 2.45) is 0 Å². The third-order valence-corrected chi connectivity index (χ3v) is 4.66. The normalized spacial score (nSPS) is 13.6. The average Bonchev–Trinajstić information content (AvgIpc) is 2.99. The minimum Gasteiger partial charge on any atom is -0.497 e. The molecule has 0 saturated heterocycles. The van der Waals surface area contributed by atoms with E-state index in [2.05, 4.69) is 5.32 Å². The topological polar surface area (TPSA) is 102 Å². The van der Waals surface area contributed by atoms with Crippen LogP contribution < -0.4 is 10.1 Å². The zero-order valence-corrected chi connectivity index (χ0v) is 16.7. The van der Waals surface area contributed by atoms with E-state index in [0.29, 0.717) is 22.6 Å². The first-order valence-electron chi connectivity index (χ1n) is 9.50. The first kappa shape index (κ1) is 21.0. The Morgan fingerprint density at radius 1 is 1.03 bits per heavy atom. The summed E-state index contributed by atoms with van der Waals surface area (Å²) in [5.41, 5.74) is 1.26. The number of esters is 1. The van der Waals surface area contributed by atoms with Crippen LogP contribution in [0.2, 0.25) is 0 Å². The molecular weight excluding hydrogens is 388 g/mol. The van der Waals surface area contributed by atoms with Crippen molar-refractivity contribution < 1.29 is 28.7 Å². The Labute approximate surface area is 173 Å². The number of hydrogen-bond donors (Lipinski definition) is 1. The zero-order chi connectivity index (χ0) is 21.7. The molecule has 156 valence electrons. The Morgan fingerprint density at radius 2 is 1.70 bits per heavy atom. The van der Waals surface area contributed by atoms with Gasteiger partial charge >= 0.3 is 5.97 Å². The number of nitrogens with zero attached hydrogens (tertiary/aromatic N) is 1. The summed E-state index contributed by atoms with van der Waals surface area (Å²) >= 11 is 0. The molecule has 8 heteroatoms. The lowest BCUT2D eigenvalue weighted by atomic mass is 10.1. The number of carbonyl (C=O) groups excluding carboxylic acids is 4. The SMILES string of the molecule is COc1cccc(NC(=O)[C@H](C)OC(=O)CCCN2C(=O)c3ccccc3C2=O)c1. The monoisotopic (exact) mass is 410 g/mol. The van der Waals surface area contributed by atoms with Crippen molar-refractivity contribution in [3.63, 3.8) is 0 Å². The van der Waals surface area contributed by atoms with E-state index in [4.69, 9.17) is 9.47 Å². The second-order valence-electron chi connectivity index (χ2n) is 6.76. The number of hydrogen-bond acceptors (Lipinski definition) is 6. The van der Waals surface area contributed by atoms with E-state index in [9.17, 15) is 19.2 Å². The third kappa shape index (κ3) is 4.65. The smallest absolute Gasteiger partial charge is 0.306 e. The number of nitrogens with one attached hydrogen (secondary N) is 1. The summed E-state index contributed by atoms with van der Waals surface area (Å²) in [6, 6.07) is 13.4. The standard InChI is InChI=1S/C22H22N2O6/c1-14(20(26)23-15-7-5-8-16(13-15)29-2)30-19(25)11-6-12-24-21(27)17-9-3-4-10-18(17)22(24)28/h3-5,7-10,13-14H,6,11-12H2,1-2H3,(H,23,26)/t14-/m0/s1. The van der Waals surface area contributed by atoms with Gasteiger partial charge in [0.05, 0.1) is 18.2 Å². The molecule has 1 heterocycles. The fourth-order valence-electron chi connectivity index (χ4n) is 3.08. The number of methoxy groups -OCH3 is 1. The number of benzene rings is 2. The maximum atomic E-state index is 12.3. The van der Waals surface area contributed by atoms with E-state index < -0.39 is 18.0 Å². The summed E-state index contributed by atoms with van der Waals surface area (Å²) in [5.74, 6) is -1.20. The van der Waals surface area contributed by atoms with Crippen LogP contribution in [0.4, 0.5) is 5.69 Å². The number of fused-ring (bicyclic) bond motifs is 1. The van der Waals surface area contributed by atoms with E-state index in [-0.39, 0.29) is 31.2 Å².